The summed E-state index contributed by atoms with van der Waals surface area (Å²) in [4.78, 5) is 13.3. The highest BCUT2D eigenvalue weighted by atomic mass is 16.4. The van der Waals surface area contributed by atoms with Gasteiger partial charge in [-0.05, 0) is 36.1 Å². The van der Waals surface area contributed by atoms with E-state index in [1.165, 1.54) is 22.3 Å². The van der Waals surface area contributed by atoms with Gasteiger partial charge in [-0.25, -0.2) is 0 Å². The predicted molar refractivity (Wildman–Crippen MR) is 83.2 cm³/mol. The van der Waals surface area contributed by atoms with E-state index in [2.05, 4.69) is 24.3 Å². The van der Waals surface area contributed by atoms with Crippen LogP contribution in [0, 0.1) is 0 Å². The molecule has 3 rings (SSSR count). The summed E-state index contributed by atoms with van der Waals surface area (Å²) in [5.41, 5.74) is 4.84. The number of rotatable bonds is 4. The molecule has 0 saturated heterocycles. The third kappa shape index (κ3) is 2.34. The predicted octanol–water partition coefficient (Wildman–Crippen LogP) is 3.55. The van der Waals surface area contributed by atoms with E-state index in [9.17, 15) is 9.90 Å². The number of benzene rings is 2. The summed E-state index contributed by atoms with van der Waals surface area (Å²) in [6.07, 6.45) is 0. The summed E-state index contributed by atoms with van der Waals surface area (Å²) >= 11 is 0. The minimum Gasteiger partial charge on any atom is -0.480 e. The molecule has 0 fully saturated rings. The second kappa shape index (κ2) is 5.34. The first-order chi connectivity index (χ1) is 10.1. The van der Waals surface area contributed by atoms with Gasteiger partial charge < -0.3 is 5.11 Å². The number of fused-ring (bicyclic) bond motifs is 3. The van der Waals surface area contributed by atoms with E-state index in [1.54, 1.807) is 0 Å². The fraction of sp³-hybridized carbons (Fsp3) is 0.278. The van der Waals surface area contributed by atoms with Crippen LogP contribution in [0.3, 0.4) is 0 Å². The first kappa shape index (κ1) is 13.8. The molecule has 3 heteroatoms. The number of nitrogens with zero attached hydrogens (tertiary/aromatic N) is 1. The number of hydrogen-bond donors (Lipinski definition) is 1. The van der Waals surface area contributed by atoms with E-state index >= 15 is 0 Å². The Hall–Kier alpha value is -2.13. The zero-order valence-corrected chi connectivity index (χ0v) is 12.3. The molecular weight excluding hydrogens is 262 g/mol. The summed E-state index contributed by atoms with van der Waals surface area (Å²) in [7, 11) is 0. The van der Waals surface area contributed by atoms with Gasteiger partial charge in [-0.3, -0.25) is 9.69 Å². The SMILES string of the molecule is CC(C)N(CC(=O)O)C1c2ccccc2-c2ccccc21. The Kier molecular flexibility index (Phi) is 3.52. The molecule has 2 aromatic rings. The maximum Gasteiger partial charge on any atom is 0.317 e. The van der Waals surface area contributed by atoms with Crippen molar-refractivity contribution in [3.8, 4) is 11.1 Å². The van der Waals surface area contributed by atoms with Crippen LogP contribution >= 0.6 is 0 Å². The van der Waals surface area contributed by atoms with Crippen LogP contribution in [0.4, 0.5) is 0 Å². The normalized spacial score (nSPS) is 13.5. The molecule has 0 radical (unpaired) electrons. The Labute approximate surface area is 124 Å². The van der Waals surface area contributed by atoms with Crippen LogP contribution in [0.1, 0.15) is 31.0 Å². The molecule has 108 valence electrons. The highest BCUT2D eigenvalue weighted by Crippen LogP contribution is 2.46. The molecule has 0 spiro atoms. The van der Waals surface area contributed by atoms with E-state index in [4.69, 9.17) is 0 Å². The second-order valence-electron chi connectivity index (χ2n) is 5.74. The maximum atomic E-state index is 11.3. The molecule has 21 heavy (non-hydrogen) atoms. The molecule has 0 atom stereocenters. The largest absolute Gasteiger partial charge is 0.480 e. The van der Waals surface area contributed by atoms with Crippen LogP contribution in [0.2, 0.25) is 0 Å². The number of hydrogen-bond acceptors (Lipinski definition) is 2. The Bertz CT molecular complexity index is 633. The van der Waals surface area contributed by atoms with Crippen LogP contribution < -0.4 is 0 Å². The summed E-state index contributed by atoms with van der Waals surface area (Å²) in [6.45, 7) is 4.14. The summed E-state index contributed by atoms with van der Waals surface area (Å²) in [6, 6.07) is 16.8. The van der Waals surface area contributed by atoms with Crippen LogP contribution in [-0.4, -0.2) is 28.6 Å². The van der Waals surface area contributed by atoms with Gasteiger partial charge in [-0.15, -0.1) is 0 Å². The monoisotopic (exact) mass is 281 g/mol. The van der Waals surface area contributed by atoms with Gasteiger partial charge in [0.15, 0.2) is 0 Å². The topological polar surface area (TPSA) is 40.5 Å². The van der Waals surface area contributed by atoms with Gasteiger partial charge in [0.05, 0.1) is 12.6 Å². The molecule has 1 N–H and O–H groups in total. The molecular formula is C18H19NO2. The van der Waals surface area contributed by atoms with Crippen molar-refractivity contribution in [1.82, 2.24) is 4.90 Å². The first-order valence-electron chi connectivity index (χ1n) is 7.25. The number of carboxylic acid groups (broad SMARTS) is 1. The molecule has 3 nitrogen and oxygen atoms in total. The van der Waals surface area contributed by atoms with E-state index < -0.39 is 5.97 Å². The highest BCUT2D eigenvalue weighted by molar-refractivity contribution is 5.79. The molecule has 0 aliphatic heterocycles. The minimum atomic E-state index is -0.787. The highest BCUT2D eigenvalue weighted by Gasteiger charge is 2.34. The van der Waals surface area contributed by atoms with E-state index in [-0.39, 0.29) is 18.6 Å². The maximum absolute atomic E-state index is 11.3. The third-order valence-corrected chi connectivity index (χ3v) is 4.11. The molecule has 0 saturated carbocycles. The molecule has 0 aromatic heterocycles. The van der Waals surface area contributed by atoms with E-state index in [0.717, 1.165) is 0 Å². The lowest BCUT2D eigenvalue weighted by Crippen LogP contribution is -2.38. The molecule has 1 aliphatic rings. The first-order valence-corrected chi connectivity index (χ1v) is 7.25. The van der Waals surface area contributed by atoms with Gasteiger partial charge in [0.1, 0.15) is 0 Å². The smallest absolute Gasteiger partial charge is 0.317 e. The number of aliphatic carboxylic acids is 1. The van der Waals surface area contributed by atoms with Crippen molar-refractivity contribution in [2.45, 2.75) is 25.9 Å². The average molecular weight is 281 g/mol. The Morgan fingerprint density at radius 1 is 1.05 bits per heavy atom. The Morgan fingerprint density at radius 3 is 1.95 bits per heavy atom. The van der Waals surface area contributed by atoms with Gasteiger partial charge in [-0.1, -0.05) is 48.5 Å². The van der Waals surface area contributed by atoms with Crippen molar-refractivity contribution in [2.75, 3.05) is 6.54 Å². The van der Waals surface area contributed by atoms with Crippen molar-refractivity contribution in [3.05, 3.63) is 59.7 Å². The van der Waals surface area contributed by atoms with Gasteiger partial charge in [0, 0.05) is 6.04 Å². The molecule has 1 aliphatic carbocycles. The molecule has 0 amide bonds. The standard InChI is InChI=1S/C18H19NO2/c1-12(2)19(11-17(20)21)18-15-9-5-3-7-13(15)14-8-4-6-10-16(14)18/h3-10,12,18H,11H2,1-2H3,(H,20,21). The second-order valence-corrected chi connectivity index (χ2v) is 5.74. The summed E-state index contributed by atoms with van der Waals surface area (Å²) in [5, 5.41) is 9.25. The quantitative estimate of drug-likeness (QED) is 0.931. The fourth-order valence-electron chi connectivity index (χ4n) is 3.21. The molecule has 2 aromatic carbocycles. The van der Waals surface area contributed by atoms with Gasteiger partial charge >= 0.3 is 5.97 Å². The van der Waals surface area contributed by atoms with E-state index in [1.807, 2.05) is 43.0 Å². The van der Waals surface area contributed by atoms with Crippen molar-refractivity contribution >= 4 is 5.97 Å². The number of carbonyl (C=O) groups is 1. The summed E-state index contributed by atoms with van der Waals surface area (Å²) in [5.74, 6) is -0.787. The van der Waals surface area contributed by atoms with Crippen molar-refractivity contribution in [2.24, 2.45) is 0 Å². The number of carboxylic acids is 1. The lowest BCUT2D eigenvalue weighted by atomic mass is 10.0. The average Bonchev–Trinajstić information content (AvgIpc) is 2.79. The van der Waals surface area contributed by atoms with Gasteiger partial charge in [0.25, 0.3) is 0 Å². The van der Waals surface area contributed by atoms with Gasteiger partial charge in [0.2, 0.25) is 0 Å². The van der Waals surface area contributed by atoms with Crippen molar-refractivity contribution < 1.29 is 9.90 Å². The lowest BCUT2D eigenvalue weighted by Gasteiger charge is -2.32. The minimum absolute atomic E-state index is 0.0218. The molecule has 0 bridgehead atoms. The van der Waals surface area contributed by atoms with Crippen LogP contribution in [-0.2, 0) is 4.79 Å². The van der Waals surface area contributed by atoms with Crippen molar-refractivity contribution in [3.63, 3.8) is 0 Å². The summed E-state index contributed by atoms with van der Waals surface area (Å²) < 4.78 is 0. The van der Waals surface area contributed by atoms with Gasteiger partial charge in [-0.2, -0.15) is 0 Å². The zero-order chi connectivity index (χ0) is 15.0. The zero-order valence-electron chi connectivity index (χ0n) is 12.3. The fourth-order valence-corrected chi connectivity index (χ4v) is 3.21. The van der Waals surface area contributed by atoms with Crippen LogP contribution in [0.25, 0.3) is 11.1 Å². The Morgan fingerprint density at radius 2 is 1.52 bits per heavy atom. The van der Waals surface area contributed by atoms with Crippen molar-refractivity contribution in [1.29, 1.82) is 0 Å². The van der Waals surface area contributed by atoms with Crippen LogP contribution in [0.5, 0.6) is 0 Å². The Balaban J connectivity index is 2.15. The van der Waals surface area contributed by atoms with E-state index in [0.29, 0.717) is 0 Å². The van der Waals surface area contributed by atoms with Crippen LogP contribution in [0.15, 0.2) is 48.5 Å². The molecule has 0 unspecified atom stereocenters. The lowest BCUT2D eigenvalue weighted by molar-refractivity contribution is -0.139. The molecule has 0 heterocycles. The third-order valence-electron chi connectivity index (χ3n) is 4.11.